The summed E-state index contributed by atoms with van der Waals surface area (Å²) < 4.78 is 33.2. The highest BCUT2D eigenvalue weighted by Crippen LogP contribution is 2.43. The number of nitrogens with two attached hydrogens (primary N) is 1. The minimum absolute atomic E-state index is 0.0331. The lowest BCUT2D eigenvalue weighted by molar-refractivity contribution is -0.161. The Kier molecular flexibility index (Phi) is 73.3. The smallest absolute Gasteiger partial charge is 0.462 e. The van der Waals surface area contributed by atoms with Crippen molar-refractivity contribution in [2.24, 2.45) is 5.73 Å². The highest BCUT2D eigenvalue weighted by atomic mass is 31.2. The highest BCUT2D eigenvalue weighted by Gasteiger charge is 2.26. The Morgan fingerprint density at radius 2 is 0.536 bits per heavy atom. The summed E-state index contributed by atoms with van der Waals surface area (Å²) in [5.74, 6) is -0.891. The van der Waals surface area contributed by atoms with E-state index in [1.165, 1.54) is 19.3 Å². The molecule has 0 aliphatic rings. The van der Waals surface area contributed by atoms with E-state index in [1.807, 2.05) is 0 Å². The number of hydrogen-bond acceptors (Lipinski definition) is 8. The number of hydrogen-bond donors (Lipinski definition) is 2. The Morgan fingerprint density at radius 1 is 0.309 bits per heavy atom. The summed E-state index contributed by atoms with van der Waals surface area (Å²) in [5, 5.41) is 0. The number of allylic oxidation sites excluding steroid dienone is 42. The molecule has 0 aromatic rings. The van der Waals surface area contributed by atoms with Crippen LogP contribution in [0.4, 0.5) is 0 Å². The van der Waals surface area contributed by atoms with Crippen molar-refractivity contribution in [1.29, 1.82) is 0 Å². The van der Waals surface area contributed by atoms with E-state index in [4.69, 9.17) is 24.3 Å². The van der Waals surface area contributed by atoms with Gasteiger partial charge in [-0.15, -0.1) is 0 Å². The van der Waals surface area contributed by atoms with Gasteiger partial charge in [-0.3, -0.25) is 18.6 Å². The van der Waals surface area contributed by atoms with E-state index in [-0.39, 0.29) is 32.6 Å². The van der Waals surface area contributed by atoms with Gasteiger partial charge in [0.1, 0.15) is 6.61 Å². The van der Waals surface area contributed by atoms with Crippen LogP contribution in [0.2, 0.25) is 0 Å². The number of ether oxygens (including phenoxy) is 2. The largest absolute Gasteiger partial charge is 0.472 e. The third-order valence-corrected chi connectivity index (χ3v) is 15.4. The van der Waals surface area contributed by atoms with Crippen molar-refractivity contribution in [2.75, 3.05) is 26.4 Å². The lowest BCUT2D eigenvalue weighted by Gasteiger charge is -2.19. The van der Waals surface area contributed by atoms with Gasteiger partial charge in [0, 0.05) is 19.4 Å². The summed E-state index contributed by atoms with van der Waals surface area (Å²) in [6, 6.07) is 0. The fourth-order valence-corrected chi connectivity index (χ4v) is 9.79. The van der Waals surface area contributed by atoms with Crippen molar-refractivity contribution < 1.29 is 37.6 Å². The number of carbonyl (C=O) groups is 2. The van der Waals surface area contributed by atoms with Crippen LogP contribution in [0.15, 0.2) is 255 Å². The molecule has 0 aromatic carbocycles. The van der Waals surface area contributed by atoms with E-state index >= 15 is 0 Å². The van der Waals surface area contributed by atoms with Gasteiger partial charge in [0.25, 0.3) is 0 Å². The number of unbranched alkanes of at least 4 members (excludes halogenated alkanes) is 11. The fourth-order valence-electron chi connectivity index (χ4n) is 9.02. The van der Waals surface area contributed by atoms with Crippen molar-refractivity contribution in [3.05, 3.63) is 255 Å². The molecule has 0 radical (unpaired) electrons. The lowest BCUT2D eigenvalue weighted by atomic mass is 10.1. The SMILES string of the molecule is CC/C=C\C/C=C\C/C=C\C/C=C\C/C=C\C/C=C\C/C=C\C/C=C\C/C=C\C/C=C\C/C=C\C/C=C\CCCCCCC(=O)OC(COC(=O)CCCCCCCCC/C=C\C/C=C\C/C=C\C/C=C\C/C=C\C/C=C\C/C=C\C/C=C\C/C=C\CC)COP(=O)(O)OCCN. The average Bonchev–Trinajstić information content (AvgIpc) is 2.57. The molecule has 0 spiro atoms. The summed E-state index contributed by atoms with van der Waals surface area (Å²) in [6.07, 6.45) is 126. The zero-order valence-corrected chi connectivity index (χ0v) is 61.3. The van der Waals surface area contributed by atoms with E-state index in [9.17, 15) is 19.0 Å². The first-order chi connectivity index (χ1) is 47.8. The standard InChI is InChI=1S/C87H132NO8P/c1-3-5-7-9-11-13-15-17-19-21-23-25-27-29-31-33-35-37-39-40-41-42-43-44-46-48-50-52-54-56-58-60-62-64-66-68-70-72-74-76-78-80-87(90)96-85(84-95-97(91,92)94-82-81-88)83-93-86(89)79-77-75-73-71-69-67-65-63-61-59-57-55-53-51-49-47-45-38-36-34-32-30-28-26-24-22-20-18-16-14-12-10-8-6-4-2/h5-8,11-14,17-20,23-26,29-32,35-38,40-41,43-44,47-50,53-56,59-62,66,68,85H,3-4,9-10,15-16,21-22,27-28,33-34,39,42,45-46,51-52,57-58,63-65,67,69-84,88H2,1-2H3,(H,91,92)/b7-5-,8-6-,13-11-,14-12-,19-17-,20-18-,25-23-,26-24-,31-29-,32-30-,37-35-,38-36-,41-40-,44-43-,49-47-,50-48-,55-53-,56-54-,61-59-,62-60-,68-66-. The molecule has 0 rings (SSSR count). The summed E-state index contributed by atoms with van der Waals surface area (Å²) in [4.78, 5) is 35.4. The second-order valence-electron chi connectivity index (χ2n) is 23.3. The monoisotopic (exact) mass is 1350 g/mol. The van der Waals surface area contributed by atoms with Gasteiger partial charge >= 0.3 is 19.8 Å². The number of esters is 2. The molecule has 0 aliphatic carbocycles. The highest BCUT2D eigenvalue weighted by molar-refractivity contribution is 7.47. The maximum atomic E-state index is 12.8. The minimum Gasteiger partial charge on any atom is -0.462 e. The van der Waals surface area contributed by atoms with Crippen LogP contribution in [0.3, 0.4) is 0 Å². The van der Waals surface area contributed by atoms with Crippen LogP contribution in [0.25, 0.3) is 0 Å². The van der Waals surface area contributed by atoms with E-state index < -0.39 is 32.5 Å². The Morgan fingerprint density at radius 3 is 0.794 bits per heavy atom. The van der Waals surface area contributed by atoms with Crippen LogP contribution in [0.5, 0.6) is 0 Å². The molecule has 10 heteroatoms. The number of phosphoric ester groups is 1. The Hall–Kier alpha value is -6.45. The zero-order valence-electron chi connectivity index (χ0n) is 60.4. The maximum absolute atomic E-state index is 12.8. The van der Waals surface area contributed by atoms with Crippen molar-refractivity contribution >= 4 is 19.8 Å². The van der Waals surface area contributed by atoms with Crippen LogP contribution in [0.1, 0.15) is 245 Å². The van der Waals surface area contributed by atoms with Crippen LogP contribution in [-0.4, -0.2) is 49.3 Å². The molecule has 2 atom stereocenters. The molecule has 0 fully saturated rings. The first-order valence-electron chi connectivity index (χ1n) is 37.2. The summed E-state index contributed by atoms with van der Waals surface area (Å²) >= 11 is 0. The van der Waals surface area contributed by atoms with Crippen molar-refractivity contribution in [1.82, 2.24) is 0 Å². The van der Waals surface area contributed by atoms with Crippen LogP contribution < -0.4 is 5.73 Å². The van der Waals surface area contributed by atoms with Crippen LogP contribution in [-0.2, 0) is 32.7 Å². The predicted molar refractivity (Wildman–Crippen MR) is 421 cm³/mol. The summed E-state index contributed by atoms with van der Waals surface area (Å²) in [5.41, 5.74) is 5.40. The molecule has 0 heterocycles. The summed E-state index contributed by atoms with van der Waals surface area (Å²) in [6.45, 7) is 3.44. The van der Waals surface area contributed by atoms with Crippen LogP contribution in [0, 0.1) is 0 Å². The van der Waals surface area contributed by atoms with E-state index in [2.05, 4.69) is 269 Å². The van der Waals surface area contributed by atoms with Gasteiger partial charge < -0.3 is 20.1 Å². The fraction of sp³-hybridized carbons (Fsp3) is 0.494. The number of carbonyl (C=O) groups excluding carboxylic acids is 2. The molecule has 9 nitrogen and oxygen atoms in total. The lowest BCUT2D eigenvalue weighted by Crippen LogP contribution is -2.29. The maximum Gasteiger partial charge on any atom is 0.472 e. The first-order valence-corrected chi connectivity index (χ1v) is 38.7. The molecule has 2 unspecified atom stereocenters. The third kappa shape index (κ3) is 78.4. The van der Waals surface area contributed by atoms with E-state index in [0.717, 1.165) is 186 Å². The van der Waals surface area contributed by atoms with Crippen molar-refractivity contribution in [3.63, 3.8) is 0 Å². The molecule has 97 heavy (non-hydrogen) atoms. The van der Waals surface area contributed by atoms with Crippen molar-refractivity contribution in [2.45, 2.75) is 251 Å². The van der Waals surface area contributed by atoms with Crippen LogP contribution >= 0.6 is 7.82 Å². The molecule has 0 saturated carbocycles. The Balaban J connectivity index is 4.08. The number of phosphoric acid groups is 1. The van der Waals surface area contributed by atoms with E-state index in [1.54, 1.807) is 0 Å². The molecular formula is C87H132NO8P. The number of rotatable bonds is 66. The molecule has 0 aliphatic heterocycles. The second-order valence-corrected chi connectivity index (χ2v) is 24.8. The average molecular weight is 1350 g/mol. The quantitative estimate of drug-likeness (QED) is 0.0264. The minimum atomic E-state index is -4.43. The Bertz CT molecular complexity index is 2550. The molecule has 0 saturated heterocycles. The summed E-state index contributed by atoms with van der Waals surface area (Å²) in [7, 11) is -4.43. The predicted octanol–water partition coefficient (Wildman–Crippen LogP) is 25.3. The second kappa shape index (κ2) is 78.5. The first kappa shape index (κ1) is 90.5. The molecule has 538 valence electrons. The molecule has 0 aromatic heterocycles. The van der Waals surface area contributed by atoms with E-state index in [0.29, 0.717) is 12.8 Å². The molecule has 3 N–H and O–H groups in total. The van der Waals surface area contributed by atoms with Gasteiger partial charge in [0.15, 0.2) is 6.10 Å². The van der Waals surface area contributed by atoms with Gasteiger partial charge in [-0.05, 0) is 173 Å². The van der Waals surface area contributed by atoms with Gasteiger partial charge in [-0.1, -0.05) is 314 Å². The third-order valence-electron chi connectivity index (χ3n) is 14.4. The topological polar surface area (TPSA) is 134 Å². The zero-order chi connectivity index (χ0) is 70.0. The van der Waals surface area contributed by atoms with Gasteiger partial charge in [-0.25, -0.2) is 4.57 Å². The van der Waals surface area contributed by atoms with Crippen molar-refractivity contribution in [3.8, 4) is 0 Å². The van der Waals surface area contributed by atoms with Gasteiger partial charge in [-0.2, -0.15) is 0 Å². The van der Waals surface area contributed by atoms with Gasteiger partial charge in [0.05, 0.1) is 13.2 Å². The molecule has 0 amide bonds. The normalized spacial score (nSPS) is 14.4. The van der Waals surface area contributed by atoms with Gasteiger partial charge in [0.2, 0.25) is 0 Å². The molecular weight excluding hydrogens is 1220 g/mol. The molecule has 0 bridgehead atoms. The Labute approximate surface area is 592 Å².